The van der Waals surface area contributed by atoms with Gasteiger partial charge in [0.05, 0.1) is 30.8 Å². The first kappa shape index (κ1) is 27.5. The fourth-order valence-corrected chi connectivity index (χ4v) is 5.79. The highest BCUT2D eigenvalue weighted by atomic mass is 16.5. The third-order valence-electron chi connectivity index (χ3n) is 8.33. The molecule has 1 aromatic carbocycles. The molecule has 2 aliphatic rings. The van der Waals surface area contributed by atoms with Crippen LogP contribution < -0.4 is 15.0 Å². The fourth-order valence-electron chi connectivity index (χ4n) is 5.79. The Bertz CT molecular complexity index is 1570. The topological polar surface area (TPSA) is 120 Å². The Morgan fingerprint density at radius 2 is 1.93 bits per heavy atom. The van der Waals surface area contributed by atoms with E-state index in [1.54, 1.807) is 28.7 Å². The molecule has 0 aliphatic carbocycles. The van der Waals surface area contributed by atoms with E-state index < -0.39 is 0 Å². The molecule has 12 nitrogen and oxygen atoms in total. The van der Waals surface area contributed by atoms with Crippen LogP contribution in [0, 0.1) is 16.7 Å². The number of piperazine rings is 1. The van der Waals surface area contributed by atoms with Crippen molar-refractivity contribution in [3.8, 4) is 11.8 Å². The van der Waals surface area contributed by atoms with Crippen molar-refractivity contribution in [1.82, 2.24) is 34.2 Å². The number of hydrogen-bond donors (Lipinski definition) is 1. The van der Waals surface area contributed by atoms with E-state index in [0.717, 1.165) is 69.2 Å². The zero-order valence-electron chi connectivity index (χ0n) is 24.1. The second-order valence-electron chi connectivity index (χ2n) is 11.4. The van der Waals surface area contributed by atoms with Gasteiger partial charge in [-0.2, -0.15) is 15.3 Å². The number of benzene rings is 1. The van der Waals surface area contributed by atoms with Crippen molar-refractivity contribution in [2.24, 2.45) is 5.41 Å². The maximum atomic E-state index is 12.7. The highest BCUT2D eigenvalue weighted by Gasteiger charge is 2.43. The van der Waals surface area contributed by atoms with Crippen LogP contribution >= 0.6 is 0 Å². The number of likely N-dealkylation sites (N-methyl/N-ethyl adjacent to an activating group) is 1. The Balaban J connectivity index is 1.09. The molecule has 2 saturated heterocycles. The second-order valence-corrected chi connectivity index (χ2v) is 11.4. The van der Waals surface area contributed by atoms with Gasteiger partial charge in [0.15, 0.2) is 5.65 Å². The molecule has 1 N–H and O–H groups in total. The standard InChI is InChI=1S/C30H36N10O2/c1-36-14-16-37(17-15-36)27(41)20-39-19-24(18-32-39)33-29-34-28-26(4-3-13-40(28)35-29)38-21-30(22-38,11-12-31)10-9-23-5-7-25(42-2)8-6-23/h3-8,13,18-19H,9-11,14-17,20-22H2,1-2H3,(H,33,35). The van der Waals surface area contributed by atoms with Gasteiger partial charge in [-0.3, -0.25) is 9.48 Å². The Kier molecular flexibility index (Phi) is 7.67. The first-order chi connectivity index (χ1) is 20.4. The van der Waals surface area contributed by atoms with Crippen molar-refractivity contribution in [3.63, 3.8) is 0 Å². The Hall–Kier alpha value is -4.63. The van der Waals surface area contributed by atoms with Gasteiger partial charge in [0.1, 0.15) is 12.3 Å². The molecule has 0 atom stereocenters. The summed E-state index contributed by atoms with van der Waals surface area (Å²) in [5.41, 5.74) is 3.64. The minimum atomic E-state index is -0.0568. The number of nitrogens with one attached hydrogen (secondary N) is 1. The molecule has 0 saturated carbocycles. The van der Waals surface area contributed by atoms with Gasteiger partial charge in [0.2, 0.25) is 11.9 Å². The van der Waals surface area contributed by atoms with Crippen molar-refractivity contribution >= 4 is 28.9 Å². The molecule has 0 spiro atoms. The van der Waals surface area contributed by atoms with Crippen LogP contribution in [-0.4, -0.2) is 93.5 Å². The van der Waals surface area contributed by atoms with E-state index in [-0.39, 0.29) is 17.9 Å². The Labute approximate surface area is 245 Å². The highest BCUT2D eigenvalue weighted by molar-refractivity contribution is 5.76. The Morgan fingerprint density at radius 1 is 1.14 bits per heavy atom. The smallest absolute Gasteiger partial charge is 0.247 e. The maximum Gasteiger partial charge on any atom is 0.247 e. The molecule has 3 aromatic heterocycles. The van der Waals surface area contributed by atoms with Gasteiger partial charge in [0.25, 0.3) is 0 Å². The lowest BCUT2D eigenvalue weighted by molar-refractivity contribution is -0.133. The summed E-state index contributed by atoms with van der Waals surface area (Å²) in [5.74, 6) is 1.37. The average Bonchev–Trinajstić information content (AvgIpc) is 3.61. The van der Waals surface area contributed by atoms with Crippen molar-refractivity contribution in [2.75, 3.05) is 63.6 Å². The number of fused-ring (bicyclic) bond motifs is 1. The molecule has 2 fully saturated rings. The molecule has 4 aromatic rings. The SMILES string of the molecule is COc1ccc(CCC2(CC#N)CN(c3cccn4nc(Nc5cnn(CC(=O)N6CCN(C)CC6)c5)nc34)C2)cc1. The summed E-state index contributed by atoms with van der Waals surface area (Å²) in [4.78, 5) is 23.9. The summed E-state index contributed by atoms with van der Waals surface area (Å²) in [5, 5.41) is 21.8. The van der Waals surface area contributed by atoms with Crippen molar-refractivity contribution in [1.29, 1.82) is 5.26 Å². The number of pyridine rings is 1. The van der Waals surface area contributed by atoms with Crippen LogP contribution in [0.25, 0.3) is 5.65 Å². The maximum absolute atomic E-state index is 12.7. The molecule has 0 radical (unpaired) electrons. The molecule has 5 heterocycles. The van der Waals surface area contributed by atoms with Gasteiger partial charge >= 0.3 is 0 Å². The lowest BCUT2D eigenvalue weighted by Gasteiger charge is -2.50. The number of carbonyl (C=O) groups is 1. The summed E-state index contributed by atoms with van der Waals surface area (Å²) in [6.45, 7) is 5.05. The van der Waals surface area contributed by atoms with E-state index in [0.29, 0.717) is 18.1 Å². The van der Waals surface area contributed by atoms with Crippen molar-refractivity contribution < 1.29 is 9.53 Å². The van der Waals surface area contributed by atoms with E-state index in [2.05, 4.69) is 56.6 Å². The number of carbonyl (C=O) groups excluding carboxylic acids is 1. The number of hydrogen-bond acceptors (Lipinski definition) is 9. The van der Waals surface area contributed by atoms with Gasteiger partial charge in [-0.05, 0) is 49.7 Å². The number of nitriles is 1. The van der Waals surface area contributed by atoms with E-state index in [1.165, 1.54) is 5.56 Å². The molecule has 218 valence electrons. The van der Waals surface area contributed by atoms with Gasteiger partial charge < -0.3 is 24.8 Å². The van der Waals surface area contributed by atoms with Gasteiger partial charge in [-0.25, -0.2) is 4.52 Å². The van der Waals surface area contributed by atoms with E-state index in [9.17, 15) is 10.1 Å². The molecule has 6 rings (SSSR count). The number of rotatable bonds is 10. The number of amides is 1. The molecule has 2 aliphatic heterocycles. The second kappa shape index (κ2) is 11.7. The number of nitrogens with zero attached hydrogens (tertiary/aromatic N) is 9. The first-order valence-electron chi connectivity index (χ1n) is 14.3. The minimum Gasteiger partial charge on any atom is -0.497 e. The summed E-state index contributed by atoms with van der Waals surface area (Å²) < 4.78 is 8.68. The van der Waals surface area contributed by atoms with Crippen LogP contribution in [0.3, 0.4) is 0 Å². The van der Waals surface area contributed by atoms with Gasteiger partial charge in [-0.15, -0.1) is 5.10 Å². The van der Waals surface area contributed by atoms with Crippen LogP contribution in [0.5, 0.6) is 5.75 Å². The summed E-state index contributed by atoms with van der Waals surface area (Å²) in [6, 6.07) is 14.6. The van der Waals surface area contributed by atoms with Crippen LogP contribution in [0.2, 0.25) is 0 Å². The quantitative estimate of drug-likeness (QED) is 0.308. The molecular formula is C30H36N10O2. The first-order valence-corrected chi connectivity index (χ1v) is 14.3. The summed E-state index contributed by atoms with van der Waals surface area (Å²) in [6.07, 6.45) is 7.73. The predicted molar refractivity (Wildman–Crippen MR) is 159 cm³/mol. The molecule has 0 bridgehead atoms. The van der Waals surface area contributed by atoms with E-state index in [1.807, 2.05) is 29.3 Å². The molecule has 42 heavy (non-hydrogen) atoms. The van der Waals surface area contributed by atoms with Gasteiger partial charge in [0, 0.05) is 63.5 Å². The fraction of sp³-hybridized carbons (Fsp3) is 0.433. The van der Waals surface area contributed by atoms with Crippen LogP contribution in [0.15, 0.2) is 55.0 Å². The number of aryl methyl sites for hydroxylation is 1. The zero-order valence-corrected chi connectivity index (χ0v) is 24.1. The normalized spacial score (nSPS) is 16.7. The predicted octanol–water partition coefficient (Wildman–Crippen LogP) is 2.80. The number of ether oxygens (including phenoxy) is 1. The van der Waals surface area contributed by atoms with Crippen molar-refractivity contribution in [3.05, 3.63) is 60.6 Å². The zero-order chi connectivity index (χ0) is 29.1. The molecular weight excluding hydrogens is 532 g/mol. The summed E-state index contributed by atoms with van der Waals surface area (Å²) >= 11 is 0. The van der Waals surface area contributed by atoms with E-state index in [4.69, 9.17) is 9.72 Å². The molecule has 0 unspecified atom stereocenters. The van der Waals surface area contributed by atoms with Gasteiger partial charge in [-0.1, -0.05) is 12.1 Å². The summed E-state index contributed by atoms with van der Waals surface area (Å²) in [7, 11) is 3.74. The van der Waals surface area contributed by atoms with E-state index >= 15 is 0 Å². The lowest BCUT2D eigenvalue weighted by Crippen LogP contribution is -2.56. The number of aromatic nitrogens is 5. The van der Waals surface area contributed by atoms with Crippen LogP contribution in [0.1, 0.15) is 18.4 Å². The monoisotopic (exact) mass is 568 g/mol. The largest absolute Gasteiger partial charge is 0.497 e. The Morgan fingerprint density at radius 3 is 2.67 bits per heavy atom. The lowest BCUT2D eigenvalue weighted by atomic mass is 9.72. The third-order valence-corrected chi connectivity index (χ3v) is 8.33. The average molecular weight is 569 g/mol. The third kappa shape index (κ3) is 5.87. The molecule has 1 amide bonds. The number of methoxy groups -OCH3 is 1. The van der Waals surface area contributed by atoms with Crippen LogP contribution in [0.4, 0.5) is 17.3 Å². The van der Waals surface area contributed by atoms with Crippen LogP contribution in [-0.2, 0) is 17.8 Å². The number of anilines is 3. The molecule has 12 heteroatoms. The van der Waals surface area contributed by atoms with Crippen molar-refractivity contribution in [2.45, 2.75) is 25.8 Å². The minimum absolute atomic E-state index is 0.0568. The highest BCUT2D eigenvalue weighted by Crippen LogP contribution is 2.42.